The topological polar surface area (TPSA) is 54.4 Å². The Morgan fingerprint density at radius 3 is 2.70 bits per heavy atom. The summed E-state index contributed by atoms with van der Waals surface area (Å²) in [5.41, 5.74) is 0. The number of ether oxygens (including phenoxy) is 1. The molecule has 0 unspecified atom stereocenters. The average Bonchev–Trinajstić information content (AvgIpc) is 2.82. The zero-order valence-electron chi connectivity index (χ0n) is 13.2. The molecule has 0 bridgehead atoms. The van der Waals surface area contributed by atoms with Gasteiger partial charge >= 0.3 is 0 Å². The van der Waals surface area contributed by atoms with Crippen LogP contribution < -0.4 is 14.5 Å². The average molecular weight is 334 g/mol. The molecule has 6 nitrogen and oxygen atoms in total. The Labute approximate surface area is 141 Å². The van der Waals surface area contributed by atoms with Crippen molar-refractivity contribution in [1.29, 1.82) is 0 Å². The monoisotopic (exact) mass is 333 g/mol. The van der Waals surface area contributed by atoms with E-state index in [1.54, 1.807) is 18.5 Å². The van der Waals surface area contributed by atoms with Crippen LogP contribution in [0.1, 0.15) is 13.3 Å². The van der Waals surface area contributed by atoms with E-state index in [1.807, 2.05) is 19.1 Å². The highest BCUT2D eigenvalue weighted by molar-refractivity contribution is 6.30. The van der Waals surface area contributed by atoms with Crippen molar-refractivity contribution >= 4 is 23.4 Å². The first-order valence-electron chi connectivity index (χ1n) is 7.83. The summed E-state index contributed by atoms with van der Waals surface area (Å²) in [5.74, 6) is 2.31. The summed E-state index contributed by atoms with van der Waals surface area (Å²) in [6.45, 7) is 6.14. The van der Waals surface area contributed by atoms with Crippen LogP contribution in [0.15, 0.2) is 30.6 Å². The van der Waals surface area contributed by atoms with Crippen LogP contribution in [-0.2, 0) is 0 Å². The SMILES string of the molecule is CCOc1ccnc(N2CCCN(c3ccc(Cl)cn3)CC2)n1. The molecular weight excluding hydrogens is 314 g/mol. The normalized spacial score (nSPS) is 15.4. The fraction of sp³-hybridized carbons (Fsp3) is 0.438. The number of hydrogen-bond donors (Lipinski definition) is 0. The fourth-order valence-electron chi connectivity index (χ4n) is 2.61. The van der Waals surface area contributed by atoms with Crippen molar-refractivity contribution in [3.63, 3.8) is 0 Å². The molecular formula is C16H20ClN5O. The third-order valence-corrected chi connectivity index (χ3v) is 3.95. The molecule has 0 N–H and O–H groups in total. The van der Waals surface area contributed by atoms with Crippen LogP contribution in [0, 0.1) is 0 Å². The summed E-state index contributed by atoms with van der Waals surface area (Å²) in [6.07, 6.45) is 4.46. The molecule has 3 heterocycles. The second kappa shape index (κ2) is 7.46. The minimum Gasteiger partial charge on any atom is -0.478 e. The van der Waals surface area contributed by atoms with Gasteiger partial charge < -0.3 is 14.5 Å². The van der Waals surface area contributed by atoms with Crippen LogP contribution in [0.3, 0.4) is 0 Å². The van der Waals surface area contributed by atoms with Gasteiger partial charge in [-0.05, 0) is 25.5 Å². The molecule has 2 aromatic heterocycles. The van der Waals surface area contributed by atoms with Crippen molar-refractivity contribution in [3.8, 4) is 5.88 Å². The maximum absolute atomic E-state index is 5.91. The largest absolute Gasteiger partial charge is 0.478 e. The van der Waals surface area contributed by atoms with E-state index in [4.69, 9.17) is 16.3 Å². The summed E-state index contributed by atoms with van der Waals surface area (Å²) < 4.78 is 5.46. The minimum absolute atomic E-state index is 0.604. The molecule has 23 heavy (non-hydrogen) atoms. The van der Waals surface area contributed by atoms with E-state index in [9.17, 15) is 0 Å². The molecule has 0 atom stereocenters. The van der Waals surface area contributed by atoms with E-state index in [1.165, 1.54) is 0 Å². The Balaban J connectivity index is 1.68. The molecule has 1 fully saturated rings. The Morgan fingerprint density at radius 2 is 1.91 bits per heavy atom. The Kier molecular flexibility index (Phi) is 5.12. The zero-order valence-corrected chi connectivity index (χ0v) is 13.9. The van der Waals surface area contributed by atoms with Gasteiger partial charge in [-0.2, -0.15) is 4.98 Å². The molecule has 3 rings (SSSR count). The van der Waals surface area contributed by atoms with Crippen molar-refractivity contribution in [2.24, 2.45) is 0 Å². The molecule has 2 aromatic rings. The number of anilines is 2. The van der Waals surface area contributed by atoms with Gasteiger partial charge in [0.05, 0.1) is 11.6 Å². The second-order valence-corrected chi connectivity index (χ2v) is 5.73. The molecule has 1 aliphatic rings. The molecule has 0 amide bonds. The van der Waals surface area contributed by atoms with E-state index in [0.717, 1.165) is 44.4 Å². The lowest BCUT2D eigenvalue weighted by molar-refractivity contribution is 0.326. The highest BCUT2D eigenvalue weighted by Gasteiger charge is 2.18. The van der Waals surface area contributed by atoms with Crippen LogP contribution in [-0.4, -0.2) is 47.7 Å². The number of nitrogens with zero attached hydrogens (tertiary/aromatic N) is 5. The number of pyridine rings is 1. The standard InChI is InChI=1S/C16H20ClN5O/c1-2-23-15-6-7-18-16(20-15)22-9-3-8-21(10-11-22)14-5-4-13(17)12-19-14/h4-7,12H,2-3,8-11H2,1H3. The van der Waals surface area contributed by atoms with Crippen molar-refractivity contribution in [3.05, 3.63) is 35.6 Å². The van der Waals surface area contributed by atoms with E-state index in [2.05, 4.69) is 24.8 Å². The van der Waals surface area contributed by atoms with E-state index in [-0.39, 0.29) is 0 Å². The molecule has 0 saturated carbocycles. The van der Waals surface area contributed by atoms with Gasteiger partial charge in [0.15, 0.2) is 0 Å². The van der Waals surface area contributed by atoms with Crippen molar-refractivity contribution in [2.75, 3.05) is 42.6 Å². The third kappa shape index (κ3) is 4.01. The highest BCUT2D eigenvalue weighted by atomic mass is 35.5. The van der Waals surface area contributed by atoms with Gasteiger partial charge in [-0.25, -0.2) is 9.97 Å². The molecule has 0 radical (unpaired) electrons. The summed E-state index contributed by atoms with van der Waals surface area (Å²) in [5, 5.41) is 0.659. The summed E-state index contributed by atoms with van der Waals surface area (Å²) in [4.78, 5) is 17.7. The predicted molar refractivity (Wildman–Crippen MR) is 91.5 cm³/mol. The fourth-order valence-corrected chi connectivity index (χ4v) is 2.73. The maximum atomic E-state index is 5.91. The second-order valence-electron chi connectivity index (χ2n) is 5.29. The van der Waals surface area contributed by atoms with Crippen LogP contribution in [0.2, 0.25) is 5.02 Å². The van der Waals surface area contributed by atoms with Gasteiger partial charge in [0.25, 0.3) is 0 Å². The maximum Gasteiger partial charge on any atom is 0.228 e. The molecule has 1 aliphatic heterocycles. The zero-order chi connectivity index (χ0) is 16.1. The number of rotatable bonds is 4. The van der Waals surface area contributed by atoms with Crippen LogP contribution in [0.4, 0.5) is 11.8 Å². The van der Waals surface area contributed by atoms with Crippen LogP contribution >= 0.6 is 11.6 Å². The first-order chi connectivity index (χ1) is 11.3. The Morgan fingerprint density at radius 1 is 1.09 bits per heavy atom. The van der Waals surface area contributed by atoms with Crippen molar-refractivity contribution in [1.82, 2.24) is 15.0 Å². The van der Waals surface area contributed by atoms with E-state index >= 15 is 0 Å². The van der Waals surface area contributed by atoms with Crippen molar-refractivity contribution < 1.29 is 4.74 Å². The Bertz CT molecular complexity index is 637. The molecule has 1 saturated heterocycles. The van der Waals surface area contributed by atoms with Gasteiger partial charge in [0, 0.05) is 44.6 Å². The summed E-state index contributed by atoms with van der Waals surface area (Å²) >= 11 is 5.91. The first-order valence-corrected chi connectivity index (χ1v) is 8.21. The summed E-state index contributed by atoms with van der Waals surface area (Å²) in [7, 11) is 0. The molecule has 0 aromatic carbocycles. The minimum atomic E-state index is 0.604. The Hall–Kier alpha value is -2.08. The number of aromatic nitrogens is 3. The number of hydrogen-bond acceptors (Lipinski definition) is 6. The van der Waals surface area contributed by atoms with Crippen LogP contribution in [0.5, 0.6) is 5.88 Å². The van der Waals surface area contributed by atoms with E-state index in [0.29, 0.717) is 17.5 Å². The quantitative estimate of drug-likeness (QED) is 0.857. The molecule has 0 aliphatic carbocycles. The van der Waals surface area contributed by atoms with Crippen molar-refractivity contribution in [2.45, 2.75) is 13.3 Å². The highest BCUT2D eigenvalue weighted by Crippen LogP contribution is 2.19. The predicted octanol–water partition coefficient (Wildman–Crippen LogP) is 2.64. The molecule has 7 heteroatoms. The lowest BCUT2D eigenvalue weighted by atomic mass is 10.3. The number of halogens is 1. The van der Waals surface area contributed by atoms with Gasteiger partial charge in [-0.1, -0.05) is 11.6 Å². The lowest BCUT2D eigenvalue weighted by Crippen LogP contribution is -2.32. The molecule has 0 spiro atoms. The van der Waals surface area contributed by atoms with E-state index < -0.39 is 0 Å². The third-order valence-electron chi connectivity index (χ3n) is 3.72. The van der Waals surface area contributed by atoms with Gasteiger partial charge in [-0.15, -0.1) is 0 Å². The van der Waals surface area contributed by atoms with Gasteiger partial charge in [0.1, 0.15) is 5.82 Å². The van der Waals surface area contributed by atoms with Gasteiger partial charge in [-0.3, -0.25) is 0 Å². The van der Waals surface area contributed by atoms with Crippen LogP contribution in [0.25, 0.3) is 0 Å². The smallest absolute Gasteiger partial charge is 0.228 e. The summed E-state index contributed by atoms with van der Waals surface area (Å²) in [6, 6.07) is 5.63. The lowest BCUT2D eigenvalue weighted by Gasteiger charge is -2.22. The molecule has 122 valence electrons. The first kappa shape index (κ1) is 15.8. The van der Waals surface area contributed by atoms with Gasteiger partial charge in [0.2, 0.25) is 11.8 Å².